The molecule has 1 heterocycles. The molecule has 17 heavy (non-hydrogen) atoms. The van der Waals surface area contributed by atoms with Crippen LogP contribution in [0.4, 0.5) is 4.39 Å². The molecule has 88 valence electrons. The average molecular weight is 254 g/mol. The van der Waals surface area contributed by atoms with Gasteiger partial charge in [0.2, 0.25) is 5.88 Å². The summed E-state index contributed by atoms with van der Waals surface area (Å²) in [5.74, 6) is 0.956. The first kappa shape index (κ1) is 11.7. The maximum atomic E-state index is 12.7. The van der Waals surface area contributed by atoms with Gasteiger partial charge >= 0.3 is 0 Å². The van der Waals surface area contributed by atoms with Gasteiger partial charge in [0.1, 0.15) is 11.6 Å². The second-order valence-electron chi connectivity index (χ2n) is 3.20. The lowest BCUT2D eigenvalue weighted by atomic mass is 10.3. The van der Waals surface area contributed by atoms with Gasteiger partial charge in [0.15, 0.2) is 10.9 Å². The third-order valence-electron chi connectivity index (χ3n) is 2.04. The van der Waals surface area contributed by atoms with E-state index in [9.17, 15) is 4.39 Å². The third-order valence-corrected chi connectivity index (χ3v) is 2.31. The fourth-order valence-corrected chi connectivity index (χ4v) is 1.41. The first-order valence-electron chi connectivity index (χ1n) is 4.83. The van der Waals surface area contributed by atoms with Gasteiger partial charge in [-0.05, 0) is 30.3 Å². The smallest absolute Gasteiger partial charge is 0.214 e. The van der Waals surface area contributed by atoms with E-state index in [2.05, 4.69) is 4.98 Å². The summed E-state index contributed by atoms with van der Waals surface area (Å²) >= 11 is 5.90. The van der Waals surface area contributed by atoms with E-state index in [4.69, 9.17) is 21.1 Å². The standard InChI is InChI=1S/C12H9ClFNO2/c1-16-11-7-6-10(12(13)15-11)17-9-4-2-8(14)3-5-9/h2-7H,1H3. The molecule has 0 aliphatic heterocycles. The Morgan fingerprint density at radius 1 is 1.12 bits per heavy atom. The Morgan fingerprint density at radius 2 is 1.82 bits per heavy atom. The minimum absolute atomic E-state index is 0.189. The molecule has 0 spiro atoms. The van der Waals surface area contributed by atoms with E-state index in [-0.39, 0.29) is 11.0 Å². The highest BCUT2D eigenvalue weighted by Crippen LogP contribution is 2.29. The van der Waals surface area contributed by atoms with Gasteiger partial charge in [0.05, 0.1) is 7.11 Å². The van der Waals surface area contributed by atoms with E-state index < -0.39 is 0 Å². The van der Waals surface area contributed by atoms with Crippen LogP contribution in [0.25, 0.3) is 0 Å². The van der Waals surface area contributed by atoms with Gasteiger partial charge in [0.25, 0.3) is 0 Å². The number of rotatable bonds is 3. The van der Waals surface area contributed by atoms with Gasteiger partial charge in [-0.1, -0.05) is 11.6 Å². The highest BCUT2D eigenvalue weighted by atomic mass is 35.5. The number of hydrogen-bond acceptors (Lipinski definition) is 3. The molecule has 0 unspecified atom stereocenters. The molecule has 0 fully saturated rings. The van der Waals surface area contributed by atoms with Crippen LogP contribution in [0, 0.1) is 5.82 Å². The average Bonchev–Trinajstić information content (AvgIpc) is 2.34. The Hall–Kier alpha value is -1.81. The second-order valence-corrected chi connectivity index (χ2v) is 3.56. The van der Waals surface area contributed by atoms with Crippen molar-refractivity contribution in [2.45, 2.75) is 0 Å². The zero-order valence-corrected chi connectivity index (χ0v) is 9.74. The van der Waals surface area contributed by atoms with Gasteiger partial charge < -0.3 is 9.47 Å². The Labute approximate surface area is 103 Å². The molecule has 0 aliphatic carbocycles. The number of benzene rings is 1. The molecule has 0 saturated heterocycles. The molecule has 0 aliphatic rings. The van der Waals surface area contributed by atoms with Gasteiger partial charge in [-0.3, -0.25) is 0 Å². The summed E-state index contributed by atoms with van der Waals surface area (Å²) in [6.45, 7) is 0. The molecule has 3 nitrogen and oxygen atoms in total. The van der Waals surface area contributed by atoms with E-state index in [1.807, 2.05) is 0 Å². The van der Waals surface area contributed by atoms with E-state index in [0.29, 0.717) is 17.4 Å². The maximum Gasteiger partial charge on any atom is 0.214 e. The van der Waals surface area contributed by atoms with Crippen LogP contribution in [0.2, 0.25) is 5.15 Å². The molecule has 1 aromatic heterocycles. The Kier molecular flexibility index (Phi) is 3.44. The lowest BCUT2D eigenvalue weighted by Crippen LogP contribution is -1.91. The van der Waals surface area contributed by atoms with Crippen LogP contribution in [0.1, 0.15) is 0 Å². The number of pyridine rings is 1. The van der Waals surface area contributed by atoms with Gasteiger partial charge in [-0.15, -0.1) is 0 Å². The molecule has 2 rings (SSSR count). The summed E-state index contributed by atoms with van der Waals surface area (Å²) < 4.78 is 23.1. The van der Waals surface area contributed by atoms with Gasteiger partial charge in [-0.25, -0.2) is 4.39 Å². The SMILES string of the molecule is COc1ccc(Oc2ccc(F)cc2)c(Cl)n1. The zero-order valence-electron chi connectivity index (χ0n) is 8.98. The predicted molar refractivity (Wildman–Crippen MR) is 62.3 cm³/mol. The van der Waals surface area contributed by atoms with Crippen molar-refractivity contribution in [3.63, 3.8) is 0 Å². The molecule has 1 aromatic carbocycles. The highest BCUT2D eigenvalue weighted by Gasteiger charge is 2.06. The second kappa shape index (κ2) is 5.01. The largest absolute Gasteiger partial charge is 0.481 e. The summed E-state index contributed by atoms with van der Waals surface area (Å²) in [5.41, 5.74) is 0. The molecular formula is C12H9ClFNO2. The molecule has 2 aromatic rings. The number of aromatic nitrogens is 1. The van der Waals surface area contributed by atoms with Crippen molar-refractivity contribution >= 4 is 11.6 Å². The topological polar surface area (TPSA) is 31.4 Å². The quantitative estimate of drug-likeness (QED) is 0.782. The minimum Gasteiger partial charge on any atom is -0.481 e. The Morgan fingerprint density at radius 3 is 2.41 bits per heavy atom. The Balaban J connectivity index is 2.21. The summed E-state index contributed by atoms with van der Waals surface area (Å²) in [5, 5.41) is 0.189. The predicted octanol–water partition coefficient (Wildman–Crippen LogP) is 3.68. The first-order chi connectivity index (χ1) is 8.19. The van der Waals surface area contributed by atoms with Crippen LogP contribution < -0.4 is 9.47 Å². The molecule has 0 bridgehead atoms. The molecule has 0 N–H and O–H groups in total. The van der Waals surface area contributed by atoms with Crippen LogP contribution in [-0.2, 0) is 0 Å². The molecule has 5 heteroatoms. The van der Waals surface area contributed by atoms with Crippen molar-refractivity contribution in [2.24, 2.45) is 0 Å². The van der Waals surface area contributed by atoms with Crippen LogP contribution in [-0.4, -0.2) is 12.1 Å². The van der Waals surface area contributed by atoms with E-state index in [0.717, 1.165) is 0 Å². The number of hydrogen-bond donors (Lipinski definition) is 0. The minimum atomic E-state index is -0.323. The molecular weight excluding hydrogens is 245 g/mol. The molecule has 0 atom stereocenters. The summed E-state index contributed by atoms with van der Waals surface area (Å²) in [7, 11) is 1.50. The lowest BCUT2D eigenvalue weighted by molar-refractivity contribution is 0.395. The van der Waals surface area contributed by atoms with Crippen molar-refractivity contribution < 1.29 is 13.9 Å². The monoisotopic (exact) mass is 253 g/mol. The van der Waals surface area contributed by atoms with Gasteiger partial charge in [0, 0.05) is 6.07 Å². The number of halogens is 2. The maximum absolute atomic E-state index is 12.7. The summed E-state index contributed by atoms with van der Waals surface area (Å²) in [4.78, 5) is 3.95. The van der Waals surface area contributed by atoms with Crippen molar-refractivity contribution in [3.8, 4) is 17.4 Å². The Bertz CT molecular complexity index is 516. The van der Waals surface area contributed by atoms with Crippen molar-refractivity contribution in [3.05, 3.63) is 47.4 Å². The number of nitrogens with zero attached hydrogens (tertiary/aromatic N) is 1. The fraction of sp³-hybridized carbons (Fsp3) is 0.0833. The van der Waals surface area contributed by atoms with E-state index in [1.54, 1.807) is 12.1 Å². The molecule has 0 radical (unpaired) electrons. The molecule has 0 saturated carbocycles. The van der Waals surface area contributed by atoms with E-state index >= 15 is 0 Å². The van der Waals surface area contributed by atoms with Gasteiger partial charge in [-0.2, -0.15) is 4.98 Å². The summed E-state index contributed by atoms with van der Waals surface area (Å²) in [6.07, 6.45) is 0. The van der Waals surface area contributed by atoms with Crippen LogP contribution in [0.15, 0.2) is 36.4 Å². The highest BCUT2D eigenvalue weighted by molar-refractivity contribution is 6.30. The van der Waals surface area contributed by atoms with Crippen molar-refractivity contribution in [1.82, 2.24) is 4.98 Å². The normalized spacial score (nSPS) is 10.1. The zero-order chi connectivity index (χ0) is 12.3. The van der Waals surface area contributed by atoms with Crippen LogP contribution in [0.3, 0.4) is 0 Å². The third kappa shape index (κ3) is 2.85. The number of methoxy groups -OCH3 is 1. The van der Waals surface area contributed by atoms with Crippen LogP contribution >= 0.6 is 11.6 Å². The number of ether oxygens (including phenoxy) is 2. The van der Waals surface area contributed by atoms with Crippen molar-refractivity contribution in [2.75, 3.05) is 7.11 Å². The summed E-state index contributed by atoms with van der Waals surface area (Å²) in [6, 6.07) is 8.90. The van der Waals surface area contributed by atoms with Crippen LogP contribution in [0.5, 0.6) is 17.4 Å². The fourth-order valence-electron chi connectivity index (χ4n) is 1.22. The van der Waals surface area contributed by atoms with Crippen molar-refractivity contribution in [1.29, 1.82) is 0 Å². The molecule has 0 amide bonds. The lowest BCUT2D eigenvalue weighted by Gasteiger charge is -2.07. The first-order valence-corrected chi connectivity index (χ1v) is 5.21. The van der Waals surface area contributed by atoms with E-state index in [1.165, 1.54) is 31.4 Å².